The van der Waals surface area contributed by atoms with Crippen LogP contribution in [-0.2, 0) is 0 Å². The van der Waals surface area contributed by atoms with Gasteiger partial charge >= 0.3 is 0 Å². The third-order valence-electron chi connectivity index (χ3n) is 4.56. The van der Waals surface area contributed by atoms with Crippen LogP contribution in [-0.4, -0.2) is 28.0 Å². The van der Waals surface area contributed by atoms with Crippen LogP contribution in [0.2, 0.25) is 0 Å². The Bertz CT molecular complexity index is 776. The number of benzene rings is 2. The fraction of sp³-hybridized carbons (Fsp3) is 0.316. The molecule has 0 bridgehead atoms. The number of rotatable bonds is 5. The van der Waals surface area contributed by atoms with Gasteiger partial charge in [0.15, 0.2) is 5.78 Å². The first-order valence-electron chi connectivity index (χ1n) is 8.39. The lowest BCUT2D eigenvalue weighted by atomic mass is 9.92. The lowest BCUT2D eigenvalue weighted by Crippen LogP contribution is -2.36. The summed E-state index contributed by atoms with van der Waals surface area (Å²) in [5, 5.41) is 24.6. The van der Waals surface area contributed by atoms with Gasteiger partial charge in [-0.2, -0.15) is 0 Å². The van der Waals surface area contributed by atoms with Crippen molar-refractivity contribution in [3.8, 4) is 0 Å². The van der Waals surface area contributed by atoms with Gasteiger partial charge in [0.05, 0.1) is 17.1 Å². The number of hydrogen-bond donors (Lipinski definition) is 2. The van der Waals surface area contributed by atoms with Crippen LogP contribution in [0.3, 0.4) is 0 Å². The number of ketones is 1. The van der Waals surface area contributed by atoms with Gasteiger partial charge in [0, 0.05) is 17.2 Å². The van der Waals surface area contributed by atoms with Gasteiger partial charge in [0.1, 0.15) is 5.69 Å². The van der Waals surface area contributed by atoms with Gasteiger partial charge in [-0.1, -0.05) is 43.2 Å². The Morgan fingerprint density at radius 3 is 2.48 bits per heavy atom. The summed E-state index contributed by atoms with van der Waals surface area (Å²) in [5.41, 5.74) is 0.938. The third-order valence-corrected chi connectivity index (χ3v) is 4.56. The van der Waals surface area contributed by atoms with E-state index in [1.165, 1.54) is 6.07 Å². The molecule has 6 nitrogen and oxygen atoms in total. The van der Waals surface area contributed by atoms with Gasteiger partial charge in [-0.3, -0.25) is 14.9 Å². The molecule has 1 aliphatic carbocycles. The summed E-state index contributed by atoms with van der Waals surface area (Å²) in [5.74, 6) is -0.257. The quantitative estimate of drug-likeness (QED) is 0.493. The van der Waals surface area contributed by atoms with E-state index in [0.29, 0.717) is 17.7 Å². The summed E-state index contributed by atoms with van der Waals surface area (Å²) in [6.45, 7) is 0. The van der Waals surface area contributed by atoms with Gasteiger partial charge < -0.3 is 10.4 Å². The molecule has 2 N–H and O–H groups in total. The molecule has 0 spiro atoms. The minimum atomic E-state index is -0.515. The van der Waals surface area contributed by atoms with Crippen LogP contribution in [0.15, 0.2) is 48.5 Å². The molecule has 1 saturated carbocycles. The molecule has 0 amide bonds. The Hall–Kier alpha value is -2.73. The molecule has 0 aromatic heterocycles. The van der Waals surface area contributed by atoms with E-state index >= 15 is 0 Å². The highest BCUT2D eigenvalue weighted by molar-refractivity contribution is 6.09. The van der Waals surface area contributed by atoms with E-state index in [0.717, 1.165) is 19.3 Å². The summed E-state index contributed by atoms with van der Waals surface area (Å²) in [6.07, 6.45) is 2.89. The number of aliphatic hydroxyl groups excluding tert-OH is 1. The molecular formula is C19H20N2O4. The Balaban J connectivity index is 1.88. The van der Waals surface area contributed by atoms with E-state index in [1.54, 1.807) is 36.4 Å². The van der Waals surface area contributed by atoms with Gasteiger partial charge in [-0.15, -0.1) is 0 Å². The average Bonchev–Trinajstić information content (AvgIpc) is 2.64. The first-order valence-corrected chi connectivity index (χ1v) is 8.39. The van der Waals surface area contributed by atoms with Crippen molar-refractivity contribution in [2.75, 3.05) is 5.32 Å². The standard InChI is InChI=1S/C19H20N2O4/c22-18-9-5-4-8-16(18)20-15-11-10-14(12-17(15)21(24)25)19(23)13-6-2-1-3-7-13/h1-3,6-7,10-12,16,18,20,22H,4-5,8-9H2/t16-,18-/m0/s1. The van der Waals surface area contributed by atoms with E-state index < -0.39 is 11.0 Å². The van der Waals surface area contributed by atoms with Crippen molar-refractivity contribution in [3.05, 3.63) is 69.8 Å². The van der Waals surface area contributed by atoms with Crippen LogP contribution in [0, 0.1) is 10.1 Å². The molecule has 0 saturated heterocycles. The number of nitro groups is 1. The van der Waals surface area contributed by atoms with E-state index in [1.807, 2.05) is 6.07 Å². The van der Waals surface area contributed by atoms with Crippen molar-refractivity contribution < 1.29 is 14.8 Å². The first kappa shape index (κ1) is 17.1. The predicted octanol–water partition coefficient (Wildman–Crippen LogP) is 3.54. The molecule has 6 heteroatoms. The Morgan fingerprint density at radius 2 is 1.80 bits per heavy atom. The number of nitro benzene ring substituents is 1. The SMILES string of the molecule is O=C(c1ccccc1)c1ccc(N[C@H]2CCCC[C@@H]2O)c([N+](=O)[O-])c1. The number of carbonyl (C=O) groups excluding carboxylic acids is 1. The number of anilines is 1. The molecule has 1 aliphatic rings. The first-order chi connectivity index (χ1) is 12.1. The maximum Gasteiger partial charge on any atom is 0.293 e. The maximum absolute atomic E-state index is 12.5. The maximum atomic E-state index is 12.5. The fourth-order valence-corrected chi connectivity index (χ4v) is 3.18. The molecule has 2 aromatic rings. The molecule has 0 heterocycles. The molecule has 2 atom stereocenters. The Labute approximate surface area is 145 Å². The fourth-order valence-electron chi connectivity index (χ4n) is 3.18. The van der Waals surface area contributed by atoms with Crippen LogP contribution < -0.4 is 5.32 Å². The van der Waals surface area contributed by atoms with Crippen LogP contribution in [0.25, 0.3) is 0 Å². The predicted molar refractivity (Wildman–Crippen MR) is 94.9 cm³/mol. The number of nitrogens with one attached hydrogen (secondary N) is 1. The van der Waals surface area contributed by atoms with Crippen molar-refractivity contribution in [2.45, 2.75) is 37.8 Å². The topological polar surface area (TPSA) is 92.5 Å². The highest BCUT2D eigenvalue weighted by Gasteiger charge is 2.26. The van der Waals surface area contributed by atoms with Crippen molar-refractivity contribution in [3.63, 3.8) is 0 Å². The minimum absolute atomic E-state index is 0.153. The molecule has 3 rings (SSSR count). The second-order valence-corrected chi connectivity index (χ2v) is 6.29. The largest absolute Gasteiger partial charge is 0.391 e. The number of hydrogen-bond acceptors (Lipinski definition) is 5. The summed E-state index contributed by atoms with van der Waals surface area (Å²) in [6, 6.07) is 12.9. The van der Waals surface area contributed by atoms with Gasteiger partial charge in [0.2, 0.25) is 0 Å². The zero-order valence-electron chi connectivity index (χ0n) is 13.7. The van der Waals surface area contributed by atoms with Crippen molar-refractivity contribution in [1.29, 1.82) is 0 Å². The monoisotopic (exact) mass is 340 g/mol. The second-order valence-electron chi connectivity index (χ2n) is 6.29. The zero-order chi connectivity index (χ0) is 17.8. The van der Waals surface area contributed by atoms with Crippen LogP contribution in [0.4, 0.5) is 11.4 Å². The molecule has 130 valence electrons. The molecule has 2 aromatic carbocycles. The Kier molecular flexibility index (Phi) is 5.09. The van der Waals surface area contributed by atoms with Crippen LogP contribution in [0.1, 0.15) is 41.6 Å². The van der Waals surface area contributed by atoms with E-state index in [2.05, 4.69) is 5.32 Å². The third kappa shape index (κ3) is 3.85. The number of aliphatic hydroxyl groups is 1. The molecular weight excluding hydrogens is 320 g/mol. The van der Waals surface area contributed by atoms with Gasteiger partial charge in [0.25, 0.3) is 5.69 Å². The molecule has 0 radical (unpaired) electrons. The normalized spacial score (nSPS) is 20.0. The minimum Gasteiger partial charge on any atom is -0.391 e. The zero-order valence-corrected chi connectivity index (χ0v) is 13.7. The van der Waals surface area contributed by atoms with Crippen LogP contribution in [0.5, 0.6) is 0 Å². The van der Waals surface area contributed by atoms with Crippen molar-refractivity contribution in [1.82, 2.24) is 0 Å². The molecule has 25 heavy (non-hydrogen) atoms. The average molecular weight is 340 g/mol. The van der Waals surface area contributed by atoms with Crippen LogP contribution >= 0.6 is 0 Å². The second kappa shape index (κ2) is 7.44. The summed E-state index contributed by atoms with van der Waals surface area (Å²) in [7, 11) is 0. The van der Waals surface area contributed by atoms with Crippen molar-refractivity contribution >= 4 is 17.2 Å². The van der Waals surface area contributed by atoms with Crippen molar-refractivity contribution in [2.24, 2.45) is 0 Å². The number of nitrogens with zero attached hydrogens (tertiary/aromatic N) is 1. The smallest absolute Gasteiger partial charge is 0.293 e. The lowest BCUT2D eigenvalue weighted by Gasteiger charge is -2.29. The summed E-state index contributed by atoms with van der Waals surface area (Å²) < 4.78 is 0. The highest BCUT2D eigenvalue weighted by Crippen LogP contribution is 2.30. The Morgan fingerprint density at radius 1 is 1.08 bits per heavy atom. The lowest BCUT2D eigenvalue weighted by molar-refractivity contribution is -0.384. The number of carbonyl (C=O) groups is 1. The molecule has 1 fully saturated rings. The van der Waals surface area contributed by atoms with Gasteiger partial charge in [-0.05, 0) is 25.0 Å². The summed E-state index contributed by atoms with van der Waals surface area (Å²) >= 11 is 0. The van der Waals surface area contributed by atoms with E-state index in [4.69, 9.17) is 0 Å². The molecule has 0 aliphatic heterocycles. The van der Waals surface area contributed by atoms with E-state index in [9.17, 15) is 20.0 Å². The highest BCUT2D eigenvalue weighted by atomic mass is 16.6. The van der Waals surface area contributed by atoms with E-state index in [-0.39, 0.29) is 23.1 Å². The van der Waals surface area contributed by atoms with Gasteiger partial charge in [-0.25, -0.2) is 0 Å². The molecule has 0 unspecified atom stereocenters. The summed E-state index contributed by atoms with van der Waals surface area (Å²) in [4.78, 5) is 23.4.